The molecule has 0 unspecified atom stereocenters. The van der Waals surface area contributed by atoms with Gasteiger partial charge in [-0.2, -0.15) is 0 Å². The molecule has 0 fully saturated rings. The minimum atomic E-state index is -4.05. The Morgan fingerprint density at radius 3 is 2.68 bits per heavy atom. The summed E-state index contributed by atoms with van der Waals surface area (Å²) in [5, 5.41) is 10.6. The molecule has 1 amide bonds. The van der Waals surface area contributed by atoms with Gasteiger partial charge in [-0.1, -0.05) is 40.6 Å². The quantitative estimate of drug-likeness (QED) is 0.433. The molecule has 180 valence electrons. The average molecular weight is 543 g/mol. The number of benzene rings is 2. The molecule has 1 aliphatic rings. The highest BCUT2D eigenvalue weighted by Crippen LogP contribution is 2.42. The molecular formula is C21H20Cl2N4O5S2. The first-order valence-electron chi connectivity index (χ1n) is 9.96. The van der Waals surface area contributed by atoms with Crippen LogP contribution in [0, 0.1) is 0 Å². The Morgan fingerprint density at radius 2 is 1.97 bits per heavy atom. The lowest BCUT2D eigenvalue weighted by Crippen LogP contribution is -2.41. The van der Waals surface area contributed by atoms with Gasteiger partial charge in [0.15, 0.2) is 0 Å². The van der Waals surface area contributed by atoms with Crippen molar-refractivity contribution < 1.29 is 22.7 Å². The normalized spacial score (nSPS) is 16.9. The molecule has 0 bridgehead atoms. The van der Waals surface area contributed by atoms with Crippen molar-refractivity contribution in [3.05, 3.63) is 57.6 Å². The second kappa shape index (κ2) is 9.31. The summed E-state index contributed by atoms with van der Waals surface area (Å²) in [6.45, 7) is 3.74. The van der Waals surface area contributed by atoms with Crippen LogP contribution in [0.5, 0.6) is 11.5 Å². The molecule has 1 aromatic heterocycles. The Hall–Kier alpha value is -2.44. The van der Waals surface area contributed by atoms with Crippen molar-refractivity contribution in [1.82, 2.24) is 14.9 Å². The van der Waals surface area contributed by atoms with Gasteiger partial charge >= 0.3 is 0 Å². The number of fused-ring (bicyclic) bond motifs is 1. The van der Waals surface area contributed by atoms with Gasteiger partial charge in [-0.25, -0.2) is 13.1 Å². The first kappa shape index (κ1) is 24.7. The minimum Gasteiger partial charge on any atom is -0.497 e. The first-order chi connectivity index (χ1) is 16.0. The van der Waals surface area contributed by atoms with Gasteiger partial charge in [0.2, 0.25) is 9.47 Å². The highest BCUT2D eigenvalue weighted by Gasteiger charge is 2.37. The van der Waals surface area contributed by atoms with Gasteiger partial charge in [-0.3, -0.25) is 10.1 Å². The first-order valence-corrected chi connectivity index (χ1v) is 13.0. The third-order valence-electron chi connectivity index (χ3n) is 5.01. The lowest BCUT2D eigenvalue weighted by atomic mass is 9.90. The third-order valence-corrected chi connectivity index (χ3v) is 8.23. The van der Waals surface area contributed by atoms with Crippen molar-refractivity contribution in [3.8, 4) is 11.5 Å². The fourth-order valence-electron chi connectivity index (χ4n) is 3.51. The molecular weight excluding hydrogens is 523 g/mol. The van der Waals surface area contributed by atoms with Gasteiger partial charge in [0.1, 0.15) is 17.1 Å². The highest BCUT2D eigenvalue weighted by atomic mass is 35.5. The van der Waals surface area contributed by atoms with Crippen molar-refractivity contribution >= 4 is 55.6 Å². The number of methoxy groups -OCH3 is 1. The van der Waals surface area contributed by atoms with Crippen molar-refractivity contribution in [2.24, 2.45) is 0 Å². The van der Waals surface area contributed by atoms with E-state index >= 15 is 0 Å². The van der Waals surface area contributed by atoms with Gasteiger partial charge < -0.3 is 9.47 Å². The summed E-state index contributed by atoms with van der Waals surface area (Å²) in [5.41, 5.74) is 0.226. The molecule has 0 aliphatic carbocycles. The number of sulfonamides is 1. The van der Waals surface area contributed by atoms with Crippen LogP contribution in [0.15, 0.2) is 40.7 Å². The highest BCUT2D eigenvalue weighted by molar-refractivity contribution is 7.91. The number of amides is 1. The summed E-state index contributed by atoms with van der Waals surface area (Å²) in [6, 6.07) is 9.06. The van der Waals surface area contributed by atoms with Crippen LogP contribution in [0.3, 0.4) is 0 Å². The largest absolute Gasteiger partial charge is 0.497 e. The smallest absolute Gasteiger partial charge is 0.270 e. The number of ether oxygens (including phenoxy) is 2. The Kier molecular flexibility index (Phi) is 6.76. The van der Waals surface area contributed by atoms with E-state index in [-0.39, 0.29) is 20.1 Å². The Balaban J connectivity index is 1.54. The van der Waals surface area contributed by atoms with Crippen LogP contribution >= 0.6 is 34.5 Å². The number of aromatic nitrogens is 2. The van der Waals surface area contributed by atoms with E-state index in [0.717, 1.165) is 11.3 Å². The monoisotopic (exact) mass is 542 g/mol. The van der Waals surface area contributed by atoms with E-state index in [1.165, 1.54) is 18.2 Å². The van der Waals surface area contributed by atoms with E-state index in [0.29, 0.717) is 28.5 Å². The molecule has 1 aliphatic heterocycles. The number of anilines is 1. The molecule has 3 aromatic rings. The number of hydrogen-bond donors (Lipinski definition) is 2. The minimum absolute atomic E-state index is 0.00818. The predicted octanol–water partition coefficient (Wildman–Crippen LogP) is 4.69. The van der Waals surface area contributed by atoms with E-state index < -0.39 is 27.6 Å². The second-order valence-electron chi connectivity index (χ2n) is 8.09. The zero-order valence-corrected chi connectivity index (χ0v) is 21.4. The van der Waals surface area contributed by atoms with Crippen LogP contribution in [0.1, 0.15) is 42.2 Å². The molecule has 2 heterocycles. The number of carbonyl (C=O) groups is 1. The van der Waals surface area contributed by atoms with Crippen molar-refractivity contribution in [2.75, 3.05) is 12.4 Å². The Labute approximate surface area is 210 Å². The van der Waals surface area contributed by atoms with Gasteiger partial charge in [0.05, 0.1) is 23.7 Å². The second-order valence-corrected chi connectivity index (χ2v) is 11.8. The summed E-state index contributed by atoms with van der Waals surface area (Å²) in [7, 11) is -2.50. The van der Waals surface area contributed by atoms with E-state index in [2.05, 4.69) is 20.2 Å². The predicted molar refractivity (Wildman–Crippen MR) is 130 cm³/mol. The van der Waals surface area contributed by atoms with Crippen LogP contribution in [0.25, 0.3) is 0 Å². The standard InChI is InChI=1S/C21H20Cl2N4O5S2/c1-21(2)10-16(14-7-5-12(31-3)9-17(14)32-21)27-34(29,30)20-26-25-19(33-20)24-18(28)13-6-4-11(22)8-15(13)23/h4-9,16,27H,10H2,1-3H3,(H,24,25,28)/t16-/m1/s1. The topological polar surface area (TPSA) is 120 Å². The lowest BCUT2D eigenvalue weighted by Gasteiger charge is -2.37. The number of hydrogen-bond acceptors (Lipinski definition) is 8. The maximum atomic E-state index is 13.1. The molecule has 1 atom stereocenters. The van der Waals surface area contributed by atoms with Crippen molar-refractivity contribution in [3.63, 3.8) is 0 Å². The van der Waals surface area contributed by atoms with Crippen LogP contribution in [-0.4, -0.2) is 37.2 Å². The van der Waals surface area contributed by atoms with E-state index in [9.17, 15) is 13.2 Å². The lowest BCUT2D eigenvalue weighted by molar-refractivity contribution is 0.0698. The van der Waals surface area contributed by atoms with Gasteiger partial charge in [-0.05, 0) is 38.1 Å². The maximum absolute atomic E-state index is 13.1. The molecule has 34 heavy (non-hydrogen) atoms. The maximum Gasteiger partial charge on any atom is 0.270 e. The Morgan fingerprint density at radius 1 is 1.21 bits per heavy atom. The third kappa shape index (κ3) is 5.28. The van der Waals surface area contributed by atoms with E-state index in [1.54, 1.807) is 25.3 Å². The molecule has 0 spiro atoms. The number of rotatable bonds is 6. The SMILES string of the molecule is COc1ccc2c(c1)OC(C)(C)C[C@H]2NS(=O)(=O)c1nnc(NC(=O)c2ccc(Cl)cc2Cl)s1. The molecule has 2 N–H and O–H groups in total. The molecule has 2 aromatic carbocycles. The van der Waals surface area contributed by atoms with E-state index in [4.69, 9.17) is 32.7 Å². The summed E-state index contributed by atoms with van der Waals surface area (Å²) in [5.74, 6) is 0.570. The van der Waals surface area contributed by atoms with E-state index in [1.807, 2.05) is 13.8 Å². The number of carbonyl (C=O) groups excluding carboxylic acids is 1. The van der Waals surface area contributed by atoms with Crippen LogP contribution in [0.2, 0.25) is 10.0 Å². The van der Waals surface area contributed by atoms with Crippen LogP contribution in [0.4, 0.5) is 5.13 Å². The fraction of sp³-hybridized carbons (Fsp3) is 0.286. The molecule has 9 nitrogen and oxygen atoms in total. The van der Waals surface area contributed by atoms with Crippen LogP contribution < -0.4 is 19.5 Å². The van der Waals surface area contributed by atoms with Gasteiger partial charge in [0.25, 0.3) is 15.9 Å². The zero-order valence-electron chi connectivity index (χ0n) is 18.3. The summed E-state index contributed by atoms with van der Waals surface area (Å²) >= 11 is 12.6. The molecule has 0 radical (unpaired) electrons. The summed E-state index contributed by atoms with van der Waals surface area (Å²) in [6.07, 6.45) is 0.392. The Bertz CT molecular complexity index is 1360. The fourth-order valence-corrected chi connectivity index (χ4v) is 6.13. The molecule has 13 heteroatoms. The average Bonchev–Trinajstić information content (AvgIpc) is 3.21. The summed E-state index contributed by atoms with van der Waals surface area (Å²) in [4.78, 5) is 12.5. The number of halogens is 2. The van der Waals surface area contributed by atoms with Crippen molar-refractivity contribution in [1.29, 1.82) is 0 Å². The number of nitrogens with one attached hydrogen (secondary N) is 2. The van der Waals surface area contributed by atoms with Crippen LogP contribution in [-0.2, 0) is 10.0 Å². The summed E-state index contributed by atoms with van der Waals surface area (Å²) < 4.78 is 39.8. The zero-order chi connectivity index (χ0) is 24.7. The molecule has 0 saturated heterocycles. The van der Waals surface area contributed by atoms with Gasteiger partial charge in [-0.15, -0.1) is 10.2 Å². The van der Waals surface area contributed by atoms with Gasteiger partial charge in [0, 0.05) is 23.1 Å². The number of nitrogens with zero attached hydrogens (tertiary/aromatic N) is 2. The molecule has 4 rings (SSSR count). The van der Waals surface area contributed by atoms with Crippen molar-refractivity contribution in [2.45, 2.75) is 36.3 Å². The molecule has 0 saturated carbocycles.